The summed E-state index contributed by atoms with van der Waals surface area (Å²) in [5.41, 5.74) is 5.65. The van der Waals surface area contributed by atoms with Gasteiger partial charge < -0.3 is 15.1 Å². The number of fused-ring (bicyclic) bond motifs is 1. The standard InChI is InChI=1S/C27H31N7.H2/c1-5-25(20-6-7-28-27(15-20)34-10-8-32(3)9-11-34)31-26-14-21-13-24(23-17-30-33(4)18-23)19(2)12-22(21)16-29-26;/h5-7,12-18H,8-11H2,1-4H3,(H,29,31);1H/b25-5-;. The van der Waals surface area contributed by atoms with E-state index in [2.05, 4.69) is 74.5 Å². The summed E-state index contributed by atoms with van der Waals surface area (Å²) in [6.45, 7) is 8.29. The van der Waals surface area contributed by atoms with Crippen LogP contribution in [0.3, 0.4) is 0 Å². The molecule has 0 atom stereocenters. The van der Waals surface area contributed by atoms with Crippen molar-refractivity contribution in [2.24, 2.45) is 7.05 Å². The minimum absolute atomic E-state index is 0. The van der Waals surface area contributed by atoms with Crippen molar-refractivity contribution in [1.29, 1.82) is 0 Å². The number of likely N-dealkylation sites (N-methyl/N-ethyl adjacent to an activating group) is 1. The first kappa shape index (κ1) is 22.1. The summed E-state index contributed by atoms with van der Waals surface area (Å²) in [7, 11) is 4.11. The number of nitrogens with one attached hydrogen (secondary N) is 1. The van der Waals surface area contributed by atoms with Gasteiger partial charge >= 0.3 is 0 Å². The normalized spacial score (nSPS) is 15.2. The quantitative estimate of drug-likeness (QED) is 0.466. The number of aryl methyl sites for hydroxylation is 2. The summed E-state index contributed by atoms with van der Waals surface area (Å²) < 4.78 is 1.84. The van der Waals surface area contributed by atoms with Crippen molar-refractivity contribution in [2.45, 2.75) is 13.8 Å². The van der Waals surface area contributed by atoms with E-state index in [1.807, 2.05) is 49.5 Å². The third-order valence-electron chi connectivity index (χ3n) is 6.52. The van der Waals surface area contributed by atoms with Crippen LogP contribution in [0.4, 0.5) is 11.6 Å². The zero-order chi connectivity index (χ0) is 23.7. The number of pyridine rings is 2. The maximum atomic E-state index is 4.69. The Balaban J connectivity index is 0.00000289. The van der Waals surface area contributed by atoms with Crippen molar-refractivity contribution in [1.82, 2.24) is 24.6 Å². The van der Waals surface area contributed by atoms with Crippen molar-refractivity contribution in [3.8, 4) is 11.1 Å². The topological polar surface area (TPSA) is 62.1 Å². The van der Waals surface area contributed by atoms with Crippen LogP contribution in [0.15, 0.2) is 61.2 Å². The maximum absolute atomic E-state index is 4.69. The van der Waals surface area contributed by atoms with Gasteiger partial charge in [-0.15, -0.1) is 0 Å². The lowest BCUT2D eigenvalue weighted by Crippen LogP contribution is -2.44. The monoisotopic (exact) mass is 455 g/mol. The predicted molar refractivity (Wildman–Crippen MR) is 142 cm³/mol. The van der Waals surface area contributed by atoms with E-state index in [0.717, 1.165) is 65.4 Å². The molecular formula is C27H33N7. The SMILES string of the molecule is C/C=C(\Nc1cc2cc(-c3cnn(C)c3)c(C)cc2cn1)c1ccnc(N2CCN(C)CC2)c1.[HH]. The molecule has 0 amide bonds. The lowest BCUT2D eigenvalue weighted by atomic mass is 9.99. The molecule has 0 aliphatic carbocycles. The molecule has 34 heavy (non-hydrogen) atoms. The molecule has 1 saturated heterocycles. The number of nitrogens with zero attached hydrogens (tertiary/aromatic N) is 6. The fourth-order valence-electron chi connectivity index (χ4n) is 4.49. The smallest absolute Gasteiger partial charge is 0.130 e. The third-order valence-corrected chi connectivity index (χ3v) is 6.52. The Morgan fingerprint density at radius 1 is 1.00 bits per heavy atom. The molecule has 0 radical (unpaired) electrons. The number of piperazine rings is 1. The Bertz CT molecular complexity index is 1350. The van der Waals surface area contributed by atoms with Crippen LogP contribution in [0, 0.1) is 6.92 Å². The number of rotatable bonds is 5. The second-order valence-corrected chi connectivity index (χ2v) is 9.01. The van der Waals surface area contributed by atoms with Crippen LogP contribution < -0.4 is 10.2 Å². The molecule has 4 aromatic rings. The van der Waals surface area contributed by atoms with Gasteiger partial charge in [0.2, 0.25) is 0 Å². The predicted octanol–water partition coefficient (Wildman–Crippen LogP) is 4.81. The minimum Gasteiger partial charge on any atom is -0.354 e. The van der Waals surface area contributed by atoms with E-state index < -0.39 is 0 Å². The minimum atomic E-state index is 0. The Hall–Kier alpha value is -3.71. The second-order valence-electron chi connectivity index (χ2n) is 9.01. The highest BCUT2D eigenvalue weighted by Gasteiger charge is 2.16. The molecule has 1 N–H and O–H groups in total. The zero-order valence-electron chi connectivity index (χ0n) is 20.3. The lowest BCUT2D eigenvalue weighted by molar-refractivity contribution is 0.312. The first-order valence-electron chi connectivity index (χ1n) is 11.7. The fourth-order valence-corrected chi connectivity index (χ4v) is 4.49. The molecule has 1 aromatic carbocycles. The number of anilines is 2. The molecule has 3 aromatic heterocycles. The van der Waals surface area contributed by atoms with Gasteiger partial charge in [0.25, 0.3) is 0 Å². The molecule has 0 unspecified atom stereocenters. The van der Waals surface area contributed by atoms with E-state index in [1.165, 1.54) is 11.1 Å². The Kier molecular flexibility index (Phi) is 6.02. The van der Waals surface area contributed by atoms with Gasteiger partial charge in [-0.05, 0) is 67.7 Å². The molecular weight excluding hydrogens is 422 g/mol. The molecule has 4 heterocycles. The molecule has 1 aliphatic heterocycles. The number of aromatic nitrogens is 4. The largest absolute Gasteiger partial charge is 0.354 e. The van der Waals surface area contributed by atoms with Gasteiger partial charge in [-0.3, -0.25) is 4.68 Å². The third kappa shape index (κ3) is 4.52. The molecule has 0 bridgehead atoms. The zero-order valence-corrected chi connectivity index (χ0v) is 20.3. The van der Waals surface area contributed by atoms with E-state index in [0.29, 0.717) is 0 Å². The summed E-state index contributed by atoms with van der Waals surface area (Å²) in [5.74, 6) is 1.84. The molecule has 1 aliphatic rings. The van der Waals surface area contributed by atoms with Crippen LogP contribution in [0.25, 0.3) is 27.6 Å². The Labute approximate surface area is 202 Å². The van der Waals surface area contributed by atoms with Gasteiger partial charge in [0.15, 0.2) is 0 Å². The van der Waals surface area contributed by atoms with Gasteiger partial charge in [0.1, 0.15) is 11.6 Å². The van der Waals surface area contributed by atoms with Crippen LogP contribution >= 0.6 is 0 Å². The van der Waals surface area contributed by atoms with E-state index in [-0.39, 0.29) is 1.43 Å². The highest BCUT2D eigenvalue weighted by molar-refractivity contribution is 5.91. The summed E-state index contributed by atoms with van der Waals surface area (Å²) in [4.78, 5) is 14.0. The summed E-state index contributed by atoms with van der Waals surface area (Å²) in [6, 6.07) is 10.7. The van der Waals surface area contributed by atoms with E-state index >= 15 is 0 Å². The first-order chi connectivity index (χ1) is 16.5. The molecule has 176 valence electrons. The van der Waals surface area contributed by atoms with Gasteiger partial charge in [0.05, 0.1) is 6.20 Å². The molecule has 7 heteroatoms. The molecule has 0 saturated carbocycles. The van der Waals surface area contributed by atoms with Gasteiger partial charge in [-0.2, -0.15) is 5.10 Å². The summed E-state index contributed by atoms with van der Waals surface area (Å²) >= 11 is 0. The van der Waals surface area contributed by atoms with Crippen LogP contribution in [-0.4, -0.2) is 57.9 Å². The number of benzene rings is 1. The van der Waals surface area contributed by atoms with Gasteiger partial charge in [0, 0.05) is 75.5 Å². The first-order valence-corrected chi connectivity index (χ1v) is 11.7. The van der Waals surface area contributed by atoms with Crippen molar-refractivity contribution in [3.05, 3.63) is 72.3 Å². The van der Waals surface area contributed by atoms with Crippen LogP contribution in [0.5, 0.6) is 0 Å². The van der Waals surface area contributed by atoms with E-state index in [9.17, 15) is 0 Å². The number of allylic oxidation sites excluding steroid dienone is 1. The van der Waals surface area contributed by atoms with Crippen molar-refractivity contribution in [3.63, 3.8) is 0 Å². The van der Waals surface area contributed by atoms with Gasteiger partial charge in [-0.25, -0.2) is 9.97 Å². The molecule has 5 rings (SSSR count). The highest BCUT2D eigenvalue weighted by atomic mass is 15.3. The molecule has 7 nitrogen and oxygen atoms in total. The van der Waals surface area contributed by atoms with Crippen LogP contribution in [0.2, 0.25) is 0 Å². The number of hydrogen-bond acceptors (Lipinski definition) is 6. The average Bonchev–Trinajstić information content (AvgIpc) is 3.28. The fraction of sp³-hybridized carbons (Fsp3) is 0.296. The highest BCUT2D eigenvalue weighted by Crippen LogP contribution is 2.30. The summed E-state index contributed by atoms with van der Waals surface area (Å²) in [5, 5.41) is 10.1. The molecule has 0 spiro atoms. The maximum Gasteiger partial charge on any atom is 0.130 e. The lowest BCUT2D eigenvalue weighted by Gasteiger charge is -2.33. The van der Waals surface area contributed by atoms with E-state index in [1.54, 1.807) is 0 Å². The van der Waals surface area contributed by atoms with Crippen LogP contribution in [0.1, 0.15) is 19.5 Å². The molecule has 1 fully saturated rings. The van der Waals surface area contributed by atoms with Crippen LogP contribution in [-0.2, 0) is 7.05 Å². The Morgan fingerprint density at radius 2 is 1.82 bits per heavy atom. The second kappa shape index (κ2) is 9.27. The average molecular weight is 456 g/mol. The van der Waals surface area contributed by atoms with Crippen molar-refractivity contribution < 1.29 is 1.43 Å². The Morgan fingerprint density at radius 3 is 2.56 bits per heavy atom. The number of hydrogen-bond donors (Lipinski definition) is 1. The van der Waals surface area contributed by atoms with Crippen molar-refractivity contribution in [2.75, 3.05) is 43.4 Å². The van der Waals surface area contributed by atoms with E-state index in [4.69, 9.17) is 0 Å². The van der Waals surface area contributed by atoms with Gasteiger partial charge in [-0.1, -0.05) is 6.08 Å². The summed E-state index contributed by atoms with van der Waals surface area (Å²) in [6.07, 6.45) is 9.88. The van der Waals surface area contributed by atoms with Crippen molar-refractivity contribution >= 4 is 28.1 Å².